The van der Waals surface area contributed by atoms with Gasteiger partial charge in [0, 0.05) is 31.9 Å². The lowest BCUT2D eigenvalue weighted by molar-refractivity contribution is -0.113. The predicted molar refractivity (Wildman–Crippen MR) is 140 cm³/mol. The van der Waals surface area contributed by atoms with Gasteiger partial charge in [0.1, 0.15) is 12.4 Å². The standard InChI is InChI=1S/C28H27N3O2S/c1-21-7-11-24(12-8-21)30-15-17-31(18-16-30)28-29-27(32)26(34-28)19-22-9-13-25(14-10-22)33-20-23-5-3-2-4-6-23/h2-14,19H,15-18,20H2,1H3/b26-19-. The van der Waals surface area contributed by atoms with E-state index in [1.165, 1.54) is 23.0 Å². The van der Waals surface area contributed by atoms with Crippen LogP contribution in [0, 0.1) is 6.92 Å². The zero-order chi connectivity index (χ0) is 23.3. The van der Waals surface area contributed by atoms with E-state index in [-0.39, 0.29) is 5.91 Å². The number of hydrogen-bond acceptors (Lipinski definition) is 5. The van der Waals surface area contributed by atoms with Crippen LogP contribution < -0.4 is 9.64 Å². The Morgan fingerprint density at radius 1 is 0.882 bits per heavy atom. The zero-order valence-corrected chi connectivity index (χ0v) is 20.0. The number of aliphatic imine (C=N–C) groups is 1. The Labute approximate surface area is 204 Å². The summed E-state index contributed by atoms with van der Waals surface area (Å²) in [6.45, 7) is 6.18. The smallest absolute Gasteiger partial charge is 0.286 e. The fourth-order valence-electron chi connectivity index (χ4n) is 4.00. The number of thioether (sulfide) groups is 1. The van der Waals surface area contributed by atoms with Crippen LogP contribution in [0.15, 0.2) is 88.8 Å². The number of piperazine rings is 1. The van der Waals surface area contributed by atoms with Crippen LogP contribution in [0.5, 0.6) is 5.75 Å². The van der Waals surface area contributed by atoms with Gasteiger partial charge in [0.25, 0.3) is 5.91 Å². The average molecular weight is 470 g/mol. The van der Waals surface area contributed by atoms with Crippen LogP contribution in [-0.2, 0) is 11.4 Å². The molecule has 1 saturated heterocycles. The van der Waals surface area contributed by atoms with E-state index in [1.807, 2.05) is 60.7 Å². The first-order chi connectivity index (χ1) is 16.6. The van der Waals surface area contributed by atoms with Gasteiger partial charge in [-0.1, -0.05) is 60.2 Å². The monoisotopic (exact) mass is 469 g/mol. The molecular formula is C28H27N3O2S. The van der Waals surface area contributed by atoms with E-state index in [9.17, 15) is 4.79 Å². The fourth-order valence-corrected chi connectivity index (χ4v) is 4.96. The summed E-state index contributed by atoms with van der Waals surface area (Å²) in [6, 6.07) is 26.6. The van der Waals surface area contributed by atoms with Gasteiger partial charge >= 0.3 is 0 Å². The third-order valence-electron chi connectivity index (χ3n) is 5.98. The summed E-state index contributed by atoms with van der Waals surface area (Å²) in [5, 5.41) is 0.808. The van der Waals surface area contributed by atoms with Crippen molar-refractivity contribution >= 4 is 34.6 Å². The van der Waals surface area contributed by atoms with Crippen molar-refractivity contribution < 1.29 is 9.53 Å². The van der Waals surface area contributed by atoms with Gasteiger partial charge in [0.05, 0.1) is 4.91 Å². The van der Waals surface area contributed by atoms with Gasteiger partial charge in [-0.25, -0.2) is 0 Å². The molecule has 6 heteroatoms. The topological polar surface area (TPSA) is 45.1 Å². The van der Waals surface area contributed by atoms with E-state index >= 15 is 0 Å². The number of ether oxygens (including phenoxy) is 1. The highest BCUT2D eigenvalue weighted by molar-refractivity contribution is 8.18. The maximum absolute atomic E-state index is 12.5. The lowest BCUT2D eigenvalue weighted by Gasteiger charge is -2.36. The van der Waals surface area contributed by atoms with Crippen molar-refractivity contribution in [2.75, 3.05) is 31.1 Å². The first-order valence-corrected chi connectivity index (χ1v) is 12.3. The molecule has 3 aromatic carbocycles. The largest absolute Gasteiger partial charge is 0.489 e. The van der Waals surface area contributed by atoms with Gasteiger partial charge in [-0.2, -0.15) is 4.99 Å². The van der Waals surface area contributed by atoms with Crippen molar-refractivity contribution in [3.8, 4) is 5.75 Å². The van der Waals surface area contributed by atoms with Gasteiger partial charge in [0.2, 0.25) is 0 Å². The molecule has 2 heterocycles. The molecule has 5 rings (SSSR count). The Hall–Kier alpha value is -3.51. The number of rotatable bonds is 5. The summed E-state index contributed by atoms with van der Waals surface area (Å²) in [6.07, 6.45) is 1.91. The second kappa shape index (κ2) is 10.2. The number of amides is 1. The van der Waals surface area contributed by atoms with Crippen molar-refractivity contribution in [3.05, 3.63) is 100 Å². The van der Waals surface area contributed by atoms with Gasteiger partial charge in [-0.05, 0) is 60.2 Å². The number of carbonyl (C=O) groups is 1. The third-order valence-corrected chi connectivity index (χ3v) is 7.03. The molecule has 0 atom stereocenters. The minimum atomic E-state index is -0.162. The number of hydrogen-bond donors (Lipinski definition) is 0. The molecule has 0 N–H and O–H groups in total. The number of anilines is 1. The SMILES string of the molecule is Cc1ccc(N2CCN(C3=NC(=O)/C(=C/c4ccc(OCc5ccccc5)cc4)S3)CC2)cc1. The zero-order valence-electron chi connectivity index (χ0n) is 19.2. The number of aryl methyl sites for hydroxylation is 1. The fraction of sp³-hybridized carbons (Fsp3) is 0.214. The van der Waals surface area contributed by atoms with E-state index in [1.54, 1.807) is 0 Å². The van der Waals surface area contributed by atoms with Crippen LogP contribution in [0.4, 0.5) is 5.69 Å². The first kappa shape index (κ1) is 22.3. The summed E-state index contributed by atoms with van der Waals surface area (Å²) >= 11 is 1.47. The van der Waals surface area contributed by atoms with Gasteiger partial charge < -0.3 is 14.5 Å². The average Bonchev–Trinajstić information content (AvgIpc) is 3.25. The summed E-state index contributed by atoms with van der Waals surface area (Å²) < 4.78 is 5.85. The van der Waals surface area contributed by atoms with Crippen molar-refractivity contribution in [2.45, 2.75) is 13.5 Å². The van der Waals surface area contributed by atoms with E-state index in [4.69, 9.17) is 4.74 Å². The van der Waals surface area contributed by atoms with E-state index in [0.717, 1.165) is 48.2 Å². The molecule has 0 bridgehead atoms. The minimum absolute atomic E-state index is 0.162. The molecule has 34 heavy (non-hydrogen) atoms. The van der Waals surface area contributed by atoms with Crippen molar-refractivity contribution in [2.24, 2.45) is 4.99 Å². The summed E-state index contributed by atoms with van der Waals surface area (Å²) in [4.78, 5) is 22.1. The molecule has 1 fully saturated rings. The van der Waals surface area contributed by atoms with Crippen LogP contribution >= 0.6 is 11.8 Å². The van der Waals surface area contributed by atoms with Crippen LogP contribution in [0.1, 0.15) is 16.7 Å². The molecule has 2 aliphatic rings. The normalized spacial score (nSPS) is 17.3. The molecular weight excluding hydrogens is 442 g/mol. The molecule has 3 aromatic rings. The summed E-state index contributed by atoms with van der Waals surface area (Å²) in [7, 11) is 0. The Bertz CT molecular complexity index is 1200. The number of nitrogens with zero attached hydrogens (tertiary/aromatic N) is 3. The van der Waals surface area contributed by atoms with Crippen LogP contribution in [0.3, 0.4) is 0 Å². The van der Waals surface area contributed by atoms with E-state index in [2.05, 4.69) is 46.0 Å². The molecule has 0 radical (unpaired) electrons. The number of carbonyl (C=O) groups excluding carboxylic acids is 1. The molecule has 172 valence electrons. The van der Waals surface area contributed by atoms with Gasteiger partial charge in [-0.15, -0.1) is 0 Å². The maximum Gasteiger partial charge on any atom is 0.286 e. The van der Waals surface area contributed by atoms with Gasteiger partial charge in [-0.3, -0.25) is 4.79 Å². The predicted octanol–water partition coefficient (Wildman–Crippen LogP) is 5.37. The highest BCUT2D eigenvalue weighted by Crippen LogP contribution is 2.31. The Morgan fingerprint density at radius 2 is 1.56 bits per heavy atom. The highest BCUT2D eigenvalue weighted by Gasteiger charge is 2.28. The second-order valence-corrected chi connectivity index (χ2v) is 9.47. The number of amidine groups is 1. The molecule has 0 aliphatic carbocycles. The minimum Gasteiger partial charge on any atom is -0.489 e. The summed E-state index contributed by atoms with van der Waals surface area (Å²) in [5.74, 6) is 0.644. The Balaban J connectivity index is 1.16. The van der Waals surface area contributed by atoms with Crippen molar-refractivity contribution in [1.82, 2.24) is 4.90 Å². The molecule has 0 saturated carbocycles. The van der Waals surface area contributed by atoms with Crippen LogP contribution in [0.2, 0.25) is 0 Å². The molecule has 1 amide bonds. The van der Waals surface area contributed by atoms with Crippen molar-refractivity contribution in [1.29, 1.82) is 0 Å². The lowest BCUT2D eigenvalue weighted by Crippen LogP contribution is -2.47. The van der Waals surface area contributed by atoms with Crippen LogP contribution in [-0.4, -0.2) is 42.2 Å². The Morgan fingerprint density at radius 3 is 2.26 bits per heavy atom. The molecule has 0 spiro atoms. The van der Waals surface area contributed by atoms with Crippen molar-refractivity contribution in [3.63, 3.8) is 0 Å². The maximum atomic E-state index is 12.5. The molecule has 5 nitrogen and oxygen atoms in total. The Kier molecular flexibility index (Phi) is 6.67. The quantitative estimate of drug-likeness (QED) is 0.471. The summed E-state index contributed by atoms with van der Waals surface area (Å²) in [5.41, 5.74) is 4.61. The lowest BCUT2D eigenvalue weighted by atomic mass is 10.2. The number of benzene rings is 3. The van der Waals surface area contributed by atoms with E-state index < -0.39 is 0 Å². The highest BCUT2D eigenvalue weighted by atomic mass is 32.2. The molecule has 0 unspecified atom stereocenters. The van der Waals surface area contributed by atoms with E-state index in [0.29, 0.717) is 11.5 Å². The first-order valence-electron chi connectivity index (χ1n) is 11.5. The molecule has 2 aliphatic heterocycles. The van der Waals surface area contributed by atoms with Crippen LogP contribution in [0.25, 0.3) is 6.08 Å². The third kappa shape index (κ3) is 5.34. The molecule has 0 aromatic heterocycles. The van der Waals surface area contributed by atoms with Gasteiger partial charge in [0.15, 0.2) is 5.17 Å². The second-order valence-electron chi connectivity index (χ2n) is 8.46.